The van der Waals surface area contributed by atoms with Crippen molar-refractivity contribution < 1.29 is 37.9 Å². The van der Waals surface area contributed by atoms with E-state index in [0.717, 1.165) is 0 Å². The molecule has 158 valence electrons. The molecule has 0 saturated carbocycles. The molecule has 0 aromatic rings. The number of hydrogen-bond acceptors (Lipinski definition) is 8. The minimum absolute atomic E-state index is 0.425. The van der Waals surface area contributed by atoms with Crippen molar-refractivity contribution in [1.29, 1.82) is 0 Å². The SMILES string of the molecule is CC(=O)OC(C)[C@H]1C(=O)N2[C@@H]1[S+]([O-])C(C)(C)[C@@H]2C(=O)OCOC(=O)C(C)(C)C. The molecule has 2 rings (SSSR count). The van der Waals surface area contributed by atoms with E-state index in [9.17, 15) is 23.7 Å². The summed E-state index contributed by atoms with van der Waals surface area (Å²) >= 11 is -1.58. The molecule has 0 aliphatic carbocycles. The molecule has 2 unspecified atom stereocenters. The van der Waals surface area contributed by atoms with E-state index in [4.69, 9.17) is 14.2 Å². The quantitative estimate of drug-likeness (QED) is 0.278. The van der Waals surface area contributed by atoms with E-state index in [-0.39, 0.29) is 0 Å². The zero-order chi connectivity index (χ0) is 21.6. The molecule has 10 heteroatoms. The Morgan fingerprint density at radius 1 is 1.25 bits per heavy atom. The highest BCUT2D eigenvalue weighted by Crippen LogP contribution is 2.50. The fourth-order valence-electron chi connectivity index (χ4n) is 3.38. The van der Waals surface area contributed by atoms with Gasteiger partial charge < -0.3 is 18.8 Å². The summed E-state index contributed by atoms with van der Waals surface area (Å²) in [7, 11) is 0. The lowest BCUT2D eigenvalue weighted by Gasteiger charge is -2.43. The first-order valence-corrected chi connectivity index (χ1v) is 10.2. The Kier molecular flexibility index (Phi) is 6.06. The average molecular weight is 417 g/mol. The van der Waals surface area contributed by atoms with Crippen molar-refractivity contribution in [1.82, 2.24) is 4.90 Å². The number of rotatable bonds is 5. The van der Waals surface area contributed by atoms with Gasteiger partial charge in [-0.25, -0.2) is 4.79 Å². The van der Waals surface area contributed by atoms with E-state index >= 15 is 0 Å². The lowest BCUT2D eigenvalue weighted by molar-refractivity contribution is -0.185. The molecule has 0 spiro atoms. The number of β-lactam (4-membered cyclic amide) rings is 1. The van der Waals surface area contributed by atoms with Crippen LogP contribution in [0.5, 0.6) is 0 Å². The van der Waals surface area contributed by atoms with Gasteiger partial charge in [-0.3, -0.25) is 19.3 Å². The summed E-state index contributed by atoms with van der Waals surface area (Å²) in [6.45, 7) is 10.4. The van der Waals surface area contributed by atoms with Gasteiger partial charge in [0.25, 0.3) is 0 Å². The molecule has 2 aliphatic rings. The highest BCUT2D eigenvalue weighted by Gasteiger charge is 2.73. The van der Waals surface area contributed by atoms with Crippen LogP contribution in [0.15, 0.2) is 0 Å². The number of nitrogens with zero attached hydrogens (tertiary/aromatic N) is 1. The molecular formula is C18H27NO8S. The molecule has 2 fully saturated rings. The summed E-state index contributed by atoms with van der Waals surface area (Å²) in [4.78, 5) is 49.4. The summed E-state index contributed by atoms with van der Waals surface area (Å²) < 4.78 is 26.9. The minimum atomic E-state index is -1.58. The molecule has 5 atom stereocenters. The first-order chi connectivity index (χ1) is 12.7. The Morgan fingerprint density at radius 3 is 2.32 bits per heavy atom. The van der Waals surface area contributed by atoms with Gasteiger partial charge in [0.15, 0.2) is 10.8 Å². The molecule has 9 nitrogen and oxygen atoms in total. The van der Waals surface area contributed by atoms with Gasteiger partial charge >= 0.3 is 17.9 Å². The maximum absolute atomic E-state index is 12.9. The van der Waals surface area contributed by atoms with Crippen LogP contribution in [-0.4, -0.2) is 62.3 Å². The van der Waals surface area contributed by atoms with E-state index in [1.807, 2.05) is 0 Å². The smallest absolute Gasteiger partial charge is 0.337 e. The molecule has 2 heterocycles. The van der Waals surface area contributed by atoms with E-state index in [1.165, 1.54) is 11.8 Å². The van der Waals surface area contributed by atoms with Gasteiger partial charge in [0.2, 0.25) is 18.1 Å². The summed E-state index contributed by atoms with van der Waals surface area (Å²) in [6.07, 6.45) is -0.756. The second-order valence-electron chi connectivity index (χ2n) is 8.54. The van der Waals surface area contributed by atoms with Crippen molar-refractivity contribution >= 4 is 35.0 Å². The summed E-state index contributed by atoms with van der Waals surface area (Å²) in [5.74, 6) is -3.08. The first kappa shape index (κ1) is 22.5. The zero-order valence-electron chi connectivity index (χ0n) is 17.1. The Labute approximate surface area is 167 Å². The second kappa shape index (κ2) is 7.55. The van der Waals surface area contributed by atoms with Crippen LogP contribution in [0.2, 0.25) is 0 Å². The summed E-state index contributed by atoms with van der Waals surface area (Å²) in [6, 6.07) is -1.08. The van der Waals surface area contributed by atoms with Gasteiger partial charge in [-0.2, -0.15) is 0 Å². The molecule has 28 heavy (non-hydrogen) atoms. The molecule has 0 bridgehead atoms. The lowest BCUT2D eigenvalue weighted by atomic mass is 9.88. The monoisotopic (exact) mass is 417 g/mol. The molecular weight excluding hydrogens is 390 g/mol. The predicted octanol–water partition coefficient (Wildman–Crippen LogP) is 0.722. The van der Waals surface area contributed by atoms with Crippen LogP contribution < -0.4 is 0 Å². The van der Waals surface area contributed by atoms with Gasteiger partial charge in [0.05, 0.1) is 5.41 Å². The van der Waals surface area contributed by atoms with E-state index in [1.54, 1.807) is 41.5 Å². The van der Waals surface area contributed by atoms with Gasteiger partial charge in [0.1, 0.15) is 12.0 Å². The van der Waals surface area contributed by atoms with E-state index in [2.05, 4.69) is 0 Å². The molecule has 0 radical (unpaired) electrons. The van der Waals surface area contributed by atoms with Crippen molar-refractivity contribution in [2.24, 2.45) is 11.3 Å². The summed E-state index contributed by atoms with van der Waals surface area (Å²) in [5.41, 5.74) is -0.751. The van der Waals surface area contributed by atoms with Gasteiger partial charge in [-0.1, -0.05) is 0 Å². The number of ether oxygens (including phenoxy) is 3. The zero-order valence-corrected chi connectivity index (χ0v) is 18.0. The third kappa shape index (κ3) is 3.84. The molecule has 0 aromatic carbocycles. The molecule has 1 amide bonds. The maximum Gasteiger partial charge on any atom is 0.337 e. The van der Waals surface area contributed by atoms with Crippen molar-refractivity contribution in [2.75, 3.05) is 6.79 Å². The fraction of sp³-hybridized carbons (Fsp3) is 0.778. The molecule has 0 N–H and O–H groups in total. The lowest BCUT2D eigenvalue weighted by Crippen LogP contribution is -2.66. The van der Waals surface area contributed by atoms with Crippen LogP contribution in [0.1, 0.15) is 48.5 Å². The van der Waals surface area contributed by atoms with Crippen molar-refractivity contribution in [2.45, 2.75) is 70.7 Å². The minimum Gasteiger partial charge on any atom is -0.614 e. The third-order valence-corrected chi connectivity index (χ3v) is 7.10. The third-order valence-electron chi connectivity index (χ3n) is 4.88. The highest BCUT2D eigenvalue weighted by atomic mass is 32.2. The Morgan fingerprint density at radius 2 is 1.82 bits per heavy atom. The first-order valence-electron chi connectivity index (χ1n) is 8.95. The van der Waals surface area contributed by atoms with Gasteiger partial charge in [0, 0.05) is 6.92 Å². The predicted molar refractivity (Wildman–Crippen MR) is 97.9 cm³/mol. The summed E-state index contributed by atoms with van der Waals surface area (Å²) in [5, 5.41) is -0.744. The number of carbonyl (C=O) groups is 4. The molecule has 2 saturated heterocycles. The number of hydrogen-bond donors (Lipinski definition) is 0. The molecule has 0 aromatic heterocycles. The Hall–Kier alpha value is -1.81. The maximum atomic E-state index is 12.9. The number of carbonyl (C=O) groups excluding carboxylic acids is 4. The van der Waals surface area contributed by atoms with Crippen molar-refractivity contribution in [3.05, 3.63) is 0 Å². The number of fused-ring (bicyclic) bond motifs is 1. The normalized spacial score (nSPS) is 29.4. The topological polar surface area (TPSA) is 122 Å². The van der Waals surface area contributed by atoms with Crippen LogP contribution in [-0.2, 0) is 44.6 Å². The largest absolute Gasteiger partial charge is 0.614 e. The van der Waals surface area contributed by atoms with Gasteiger partial charge in [-0.15, -0.1) is 0 Å². The standard InChI is InChI=1S/C18H27NO8S/c1-9(27-10(2)20)11-13(21)19-12(18(6,7)28(24)14(11)19)15(22)25-8-26-16(23)17(3,4)5/h9,11-12,14H,8H2,1-7H3/t9?,11-,12-,14+,28?/m0/s1. The van der Waals surface area contributed by atoms with Crippen LogP contribution in [0.3, 0.4) is 0 Å². The van der Waals surface area contributed by atoms with Crippen molar-refractivity contribution in [3.63, 3.8) is 0 Å². The van der Waals surface area contributed by atoms with Crippen LogP contribution >= 0.6 is 0 Å². The van der Waals surface area contributed by atoms with Crippen molar-refractivity contribution in [3.8, 4) is 0 Å². The Balaban J connectivity index is 2.09. The van der Waals surface area contributed by atoms with E-state index < -0.39 is 75.4 Å². The fourth-order valence-corrected chi connectivity index (χ4v) is 5.47. The van der Waals surface area contributed by atoms with Crippen LogP contribution in [0.25, 0.3) is 0 Å². The Bertz CT molecular complexity index is 686. The highest BCUT2D eigenvalue weighted by molar-refractivity contribution is 7.93. The average Bonchev–Trinajstić information content (AvgIpc) is 2.70. The van der Waals surface area contributed by atoms with Crippen LogP contribution in [0, 0.1) is 11.3 Å². The van der Waals surface area contributed by atoms with E-state index in [0.29, 0.717) is 0 Å². The number of amides is 1. The van der Waals surface area contributed by atoms with Gasteiger partial charge in [-0.05, 0) is 52.7 Å². The molecule has 2 aliphatic heterocycles. The van der Waals surface area contributed by atoms with Crippen LogP contribution in [0.4, 0.5) is 0 Å². The number of esters is 3. The second-order valence-corrected chi connectivity index (χ2v) is 10.7.